The van der Waals surface area contributed by atoms with E-state index in [-0.39, 0.29) is 11.8 Å². The molecule has 1 aromatic carbocycles. The molecular weight excluding hydrogens is 280 g/mol. The third kappa shape index (κ3) is 3.86. The summed E-state index contributed by atoms with van der Waals surface area (Å²) in [5.41, 5.74) is 0.653. The highest BCUT2D eigenvalue weighted by atomic mass is 79.9. The van der Waals surface area contributed by atoms with Crippen molar-refractivity contribution in [3.05, 3.63) is 34.3 Å². The predicted molar refractivity (Wildman–Crippen MR) is 70.5 cm³/mol. The zero-order valence-electron chi connectivity index (χ0n) is 9.98. The van der Waals surface area contributed by atoms with Crippen molar-refractivity contribution in [1.82, 2.24) is 4.90 Å². The standard InChI is InChI=1S/C13H15BrN2O/c1-3-16(9-10(2)8-15)13(17)11-4-6-12(14)7-5-11/h4-7,10H,3,9H2,1-2H3. The zero-order chi connectivity index (χ0) is 12.8. The van der Waals surface area contributed by atoms with Crippen molar-refractivity contribution in [1.29, 1.82) is 5.26 Å². The summed E-state index contributed by atoms with van der Waals surface area (Å²) in [6.07, 6.45) is 0. The summed E-state index contributed by atoms with van der Waals surface area (Å²) in [6, 6.07) is 9.40. The summed E-state index contributed by atoms with van der Waals surface area (Å²) in [4.78, 5) is 13.8. The molecule has 90 valence electrons. The van der Waals surface area contributed by atoms with Gasteiger partial charge in [0.15, 0.2) is 0 Å². The first kappa shape index (κ1) is 13.7. The van der Waals surface area contributed by atoms with Crippen LogP contribution in [0.15, 0.2) is 28.7 Å². The Morgan fingerprint density at radius 2 is 2.06 bits per heavy atom. The van der Waals surface area contributed by atoms with Gasteiger partial charge in [-0.1, -0.05) is 15.9 Å². The van der Waals surface area contributed by atoms with Crippen LogP contribution in [0.1, 0.15) is 24.2 Å². The van der Waals surface area contributed by atoms with Crippen LogP contribution in [-0.4, -0.2) is 23.9 Å². The lowest BCUT2D eigenvalue weighted by atomic mass is 10.1. The van der Waals surface area contributed by atoms with Crippen LogP contribution in [0.2, 0.25) is 0 Å². The molecule has 1 unspecified atom stereocenters. The summed E-state index contributed by atoms with van der Waals surface area (Å²) in [6.45, 7) is 4.82. The summed E-state index contributed by atoms with van der Waals surface area (Å²) in [5, 5.41) is 8.77. The predicted octanol–water partition coefficient (Wildman–Crippen LogP) is 3.07. The molecule has 17 heavy (non-hydrogen) atoms. The van der Waals surface area contributed by atoms with Crippen molar-refractivity contribution in [3.63, 3.8) is 0 Å². The van der Waals surface area contributed by atoms with Gasteiger partial charge in [0.25, 0.3) is 5.91 Å². The van der Waals surface area contributed by atoms with Gasteiger partial charge in [-0.15, -0.1) is 0 Å². The van der Waals surface area contributed by atoms with Crippen molar-refractivity contribution in [2.45, 2.75) is 13.8 Å². The highest BCUT2D eigenvalue weighted by Crippen LogP contribution is 2.13. The second kappa shape index (κ2) is 6.41. The molecule has 3 nitrogen and oxygen atoms in total. The largest absolute Gasteiger partial charge is 0.338 e. The van der Waals surface area contributed by atoms with E-state index in [2.05, 4.69) is 22.0 Å². The van der Waals surface area contributed by atoms with E-state index in [1.807, 2.05) is 26.0 Å². The van der Waals surface area contributed by atoms with Crippen LogP contribution in [0, 0.1) is 17.2 Å². The average molecular weight is 295 g/mol. The molecule has 0 N–H and O–H groups in total. The number of carbonyl (C=O) groups excluding carboxylic acids is 1. The second-order valence-corrected chi connectivity index (χ2v) is 4.80. The van der Waals surface area contributed by atoms with Gasteiger partial charge in [0, 0.05) is 23.1 Å². The number of rotatable bonds is 4. The molecule has 4 heteroatoms. The molecule has 0 aliphatic carbocycles. The van der Waals surface area contributed by atoms with Crippen LogP contribution < -0.4 is 0 Å². The van der Waals surface area contributed by atoms with E-state index in [4.69, 9.17) is 5.26 Å². The molecule has 0 fully saturated rings. The highest BCUT2D eigenvalue weighted by molar-refractivity contribution is 9.10. The molecule has 0 saturated heterocycles. The number of nitrogens with zero attached hydrogens (tertiary/aromatic N) is 2. The van der Waals surface area contributed by atoms with Gasteiger partial charge in [0.1, 0.15) is 0 Å². The molecule has 0 aliphatic heterocycles. The molecule has 1 aromatic rings. The van der Waals surface area contributed by atoms with Gasteiger partial charge in [-0.25, -0.2) is 0 Å². The Hall–Kier alpha value is -1.34. The van der Waals surface area contributed by atoms with E-state index < -0.39 is 0 Å². The maximum atomic E-state index is 12.1. The fraction of sp³-hybridized carbons (Fsp3) is 0.385. The lowest BCUT2D eigenvalue weighted by Gasteiger charge is -2.22. The minimum Gasteiger partial charge on any atom is -0.338 e. The van der Waals surface area contributed by atoms with Gasteiger partial charge in [0.05, 0.1) is 12.0 Å². The van der Waals surface area contributed by atoms with E-state index in [9.17, 15) is 4.79 Å². The van der Waals surface area contributed by atoms with Crippen LogP contribution in [0.25, 0.3) is 0 Å². The molecule has 0 radical (unpaired) electrons. The van der Waals surface area contributed by atoms with Gasteiger partial charge < -0.3 is 4.90 Å². The lowest BCUT2D eigenvalue weighted by molar-refractivity contribution is 0.0752. The van der Waals surface area contributed by atoms with E-state index in [1.165, 1.54) is 0 Å². The van der Waals surface area contributed by atoms with Crippen LogP contribution >= 0.6 is 15.9 Å². The summed E-state index contributed by atoms with van der Waals surface area (Å²) >= 11 is 3.33. The maximum absolute atomic E-state index is 12.1. The topological polar surface area (TPSA) is 44.1 Å². The van der Waals surface area contributed by atoms with E-state index in [1.54, 1.807) is 17.0 Å². The summed E-state index contributed by atoms with van der Waals surface area (Å²) in [7, 11) is 0. The molecule has 1 rings (SSSR count). The van der Waals surface area contributed by atoms with E-state index in [0.29, 0.717) is 18.7 Å². The van der Waals surface area contributed by atoms with Gasteiger partial charge in [-0.05, 0) is 38.1 Å². The Bertz CT molecular complexity index is 422. The van der Waals surface area contributed by atoms with Crippen molar-refractivity contribution >= 4 is 21.8 Å². The normalized spacial score (nSPS) is 11.6. The van der Waals surface area contributed by atoms with Crippen molar-refractivity contribution < 1.29 is 4.79 Å². The van der Waals surface area contributed by atoms with Gasteiger partial charge in [-0.2, -0.15) is 5.26 Å². The first-order chi connectivity index (χ1) is 8.08. The number of carbonyl (C=O) groups is 1. The van der Waals surface area contributed by atoms with Crippen LogP contribution in [0.3, 0.4) is 0 Å². The number of benzene rings is 1. The van der Waals surface area contributed by atoms with Crippen LogP contribution in [0.4, 0.5) is 0 Å². The second-order valence-electron chi connectivity index (χ2n) is 3.88. The molecule has 0 bridgehead atoms. The van der Waals surface area contributed by atoms with Crippen LogP contribution in [0.5, 0.6) is 0 Å². The van der Waals surface area contributed by atoms with Gasteiger partial charge >= 0.3 is 0 Å². The third-order valence-corrected chi connectivity index (χ3v) is 3.00. The minimum absolute atomic E-state index is 0.0258. The third-order valence-electron chi connectivity index (χ3n) is 2.47. The Morgan fingerprint density at radius 1 is 1.47 bits per heavy atom. The van der Waals surface area contributed by atoms with Crippen molar-refractivity contribution in [2.24, 2.45) is 5.92 Å². The van der Waals surface area contributed by atoms with E-state index >= 15 is 0 Å². The smallest absolute Gasteiger partial charge is 0.253 e. The molecule has 0 aromatic heterocycles. The quantitative estimate of drug-likeness (QED) is 0.857. The summed E-state index contributed by atoms with van der Waals surface area (Å²) < 4.78 is 0.947. The van der Waals surface area contributed by atoms with Crippen molar-refractivity contribution in [3.8, 4) is 6.07 Å². The Labute approximate surface area is 110 Å². The first-order valence-electron chi connectivity index (χ1n) is 5.53. The average Bonchev–Trinajstić information content (AvgIpc) is 2.35. The number of amides is 1. The molecule has 0 heterocycles. The molecule has 1 amide bonds. The Morgan fingerprint density at radius 3 is 2.53 bits per heavy atom. The lowest BCUT2D eigenvalue weighted by Crippen LogP contribution is -2.34. The van der Waals surface area contributed by atoms with Crippen LogP contribution in [-0.2, 0) is 0 Å². The number of hydrogen-bond acceptors (Lipinski definition) is 2. The van der Waals surface area contributed by atoms with E-state index in [0.717, 1.165) is 4.47 Å². The fourth-order valence-corrected chi connectivity index (χ4v) is 1.77. The Balaban J connectivity index is 2.79. The highest BCUT2D eigenvalue weighted by Gasteiger charge is 2.16. The number of hydrogen-bond donors (Lipinski definition) is 0. The monoisotopic (exact) mass is 294 g/mol. The molecule has 0 aliphatic rings. The SMILES string of the molecule is CCN(CC(C)C#N)C(=O)c1ccc(Br)cc1. The van der Waals surface area contributed by atoms with Gasteiger partial charge in [0.2, 0.25) is 0 Å². The maximum Gasteiger partial charge on any atom is 0.253 e. The number of nitriles is 1. The minimum atomic E-state index is -0.144. The summed E-state index contributed by atoms with van der Waals surface area (Å²) in [5.74, 6) is -0.170. The first-order valence-corrected chi connectivity index (χ1v) is 6.32. The molecule has 1 atom stereocenters. The molecule has 0 spiro atoms. The van der Waals surface area contributed by atoms with Gasteiger partial charge in [-0.3, -0.25) is 4.79 Å². The number of halogens is 1. The molecule has 0 saturated carbocycles. The molecular formula is C13H15BrN2O. The Kier molecular flexibility index (Phi) is 5.17. The zero-order valence-corrected chi connectivity index (χ0v) is 11.6. The van der Waals surface area contributed by atoms with Crippen molar-refractivity contribution in [2.75, 3.05) is 13.1 Å². The fourth-order valence-electron chi connectivity index (χ4n) is 1.50.